The van der Waals surface area contributed by atoms with Gasteiger partial charge in [-0.15, -0.1) is 10.2 Å². The molecular formula is C15H23N3S3. The Morgan fingerprint density at radius 1 is 1.33 bits per heavy atom. The van der Waals surface area contributed by atoms with Crippen molar-refractivity contribution in [2.24, 2.45) is 17.3 Å². The van der Waals surface area contributed by atoms with Crippen molar-refractivity contribution in [3.63, 3.8) is 0 Å². The highest BCUT2D eigenvalue weighted by Crippen LogP contribution is 2.47. The first-order valence-corrected chi connectivity index (χ1v) is 10.4. The van der Waals surface area contributed by atoms with E-state index in [0.29, 0.717) is 16.6 Å². The summed E-state index contributed by atoms with van der Waals surface area (Å²) >= 11 is 5.05. The molecule has 1 aliphatic carbocycles. The molecule has 21 heavy (non-hydrogen) atoms. The van der Waals surface area contributed by atoms with Crippen molar-refractivity contribution in [3.8, 4) is 6.07 Å². The fraction of sp³-hybridized carbons (Fsp3) is 0.800. The lowest BCUT2D eigenvalue weighted by atomic mass is 9.67. The highest BCUT2D eigenvalue weighted by atomic mass is 32.2. The van der Waals surface area contributed by atoms with Gasteiger partial charge in [0.1, 0.15) is 0 Å². The molecule has 0 bridgehead atoms. The molecule has 1 aliphatic rings. The molecule has 1 aromatic heterocycles. The van der Waals surface area contributed by atoms with Gasteiger partial charge in [-0.1, -0.05) is 62.1 Å². The van der Waals surface area contributed by atoms with Crippen LogP contribution in [0.25, 0.3) is 0 Å². The molecule has 116 valence electrons. The Bertz CT molecular complexity index is 507. The largest absolute Gasteiger partial charge is 0.198 e. The average Bonchev–Trinajstić information content (AvgIpc) is 2.94. The third-order valence-corrected chi connectivity index (χ3v) is 8.13. The van der Waals surface area contributed by atoms with Crippen molar-refractivity contribution >= 4 is 34.9 Å². The molecule has 0 aromatic carbocycles. The number of thioether (sulfide) groups is 2. The van der Waals surface area contributed by atoms with E-state index in [1.165, 1.54) is 12.8 Å². The van der Waals surface area contributed by atoms with Crippen molar-refractivity contribution in [3.05, 3.63) is 0 Å². The number of nitriles is 1. The van der Waals surface area contributed by atoms with Gasteiger partial charge in [0.05, 0.1) is 12.0 Å². The molecule has 1 aromatic rings. The molecule has 0 radical (unpaired) electrons. The highest BCUT2D eigenvalue weighted by Gasteiger charge is 2.38. The molecular weight excluding hydrogens is 318 g/mol. The Morgan fingerprint density at radius 2 is 2.05 bits per heavy atom. The van der Waals surface area contributed by atoms with Crippen molar-refractivity contribution in [1.82, 2.24) is 10.2 Å². The van der Waals surface area contributed by atoms with Gasteiger partial charge in [0.25, 0.3) is 0 Å². The quantitative estimate of drug-likeness (QED) is 0.698. The second-order valence-electron chi connectivity index (χ2n) is 6.28. The van der Waals surface area contributed by atoms with Crippen LogP contribution in [-0.4, -0.2) is 21.7 Å². The Morgan fingerprint density at radius 3 is 2.62 bits per heavy atom. The van der Waals surface area contributed by atoms with Crippen molar-refractivity contribution in [1.29, 1.82) is 5.26 Å². The molecule has 1 heterocycles. The molecule has 1 saturated carbocycles. The first kappa shape index (κ1) is 17.1. The molecule has 3 unspecified atom stereocenters. The van der Waals surface area contributed by atoms with E-state index in [-0.39, 0.29) is 5.92 Å². The molecule has 6 heteroatoms. The molecule has 0 amide bonds. The van der Waals surface area contributed by atoms with E-state index in [2.05, 4.69) is 37.0 Å². The fourth-order valence-corrected chi connectivity index (χ4v) is 5.86. The monoisotopic (exact) mass is 341 g/mol. The average molecular weight is 342 g/mol. The SMILES string of the molecule is CCC(C)(C)C1CCC(C#N)C(Sc2nnc(SC)s2)C1. The Labute approximate surface area is 140 Å². The molecule has 0 saturated heterocycles. The molecule has 0 N–H and O–H groups in total. The standard InChI is InChI=1S/C15H23N3S3/c1-5-15(2,3)11-7-6-10(9-16)12(8-11)20-14-18-17-13(19-4)21-14/h10-12H,5-8H2,1-4H3. The van der Waals surface area contributed by atoms with Gasteiger partial charge in [-0.05, 0) is 36.9 Å². The Balaban J connectivity index is 2.08. The molecule has 0 spiro atoms. The van der Waals surface area contributed by atoms with Crippen molar-refractivity contribution < 1.29 is 0 Å². The maximum atomic E-state index is 9.44. The van der Waals surface area contributed by atoms with Crippen LogP contribution in [0.15, 0.2) is 8.68 Å². The third kappa shape index (κ3) is 4.14. The lowest BCUT2D eigenvalue weighted by Gasteiger charge is -2.40. The summed E-state index contributed by atoms with van der Waals surface area (Å²) < 4.78 is 2.02. The topological polar surface area (TPSA) is 49.6 Å². The predicted molar refractivity (Wildman–Crippen MR) is 91.9 cm³/mol. The lowest BCUT2D eigenvalue weighted by molar-refractivity contribution is 0.144. The summed E-state index contributed by atoms with van der Waals surface area (Å²) in [4.78, 5) is 0. The van der Waals surface area contributed by atoms with Crippen LogP contribution in [-0.2, 0) is 0 Å². The van der Waals surface area contributed by atoms with E-state index in [0.717, 1.165) is 21.5 Å². The maximum Gasteiger partial charge on any atom is 0.175 e. The molecule has 1 fully saturated rings. The molecule has 3 atom stereocenters. The van der Waals surface area contributed by atoms with Gasteiger partial charge >= 0.3 is 0 Å². The van der Waals surface area contributed by atoms with Gasteiger partial charge in [0, 0.05) is 5.25 Å². The van der Waals surface area contributed by atoms with Crippen molar-refractivity contribution in [2.45, 2.75) is 60.4 Å². The van der Waals surface area contributed by atoms with E-state index >= 15 is 0 Å². The van der Waals surface area contributed by atoms with E-state index in [9.17, 15) is 5.26 Å². The van der Waals surface area contributed by atoms with Crippen LogP contribution < -0.4 is 0 Å². The van der Waals surface area contributed by atoms with Crippen LogP contribution >= 0.6 is 34.9 Å². The summed E-state index contributed by atoms with van der Waals surface area (Å²) in [6, 6.07) is 2.52. The van der Waals surface area contributed by atoms with E-state index in [4.69, 9.17) is 0 Å². The number of hydrogen-bond acceptors (Lipinski definition) is 6. The van der Waals surface area contributed by atoms with Crippen LogP contribution in [0.3, 0.4) is 0 Å². The smallest absolute Gasteiger partial charge is 0.175 e. The van der Waals surface area contributed by atoms with Gasteiger partial charge in [-0.2, -0.15) is 5.26 Å². The van der Waals surface area contributed by atoms with E-state index in [1.54, 1.807) is 34.9 Å². The summed E-state index contributed by atoms with van der Waals surface area (Å²) in [6.07, 6.45) is 6.55. The summed E-state index contributed by atoms with van der Waals surface area (Å²) in [5.41, 5.74) is 0.366. The molecule has 2 rings (SSSR count). The summed E-state index contributed by atoms with van der Waals surface area (Å²) in [5, 5.41) is 18.2. The highest BCUT2D eigenvalue weighted by molar-refractivity contribution is 8.03. The maximum absolute atomic E-state index is 9.44. The van der Waals surface area contributed by atoms with Gasteiger partial charge in [0.15, 0.2) is 8.68 Å². The summed E-state index contributed by atoms with van der Waals surface area (Å²) in [7, 11) is 0. The fourth-order valence-electron chi connectivity index (χ4n) is 2.86. The van der Waals surface area contributed by atoms with Gasteiger partial charge in [-0.25, -0.2) is 0 Å². The number of rotatable bonds is 5. The zero-order chi connectivity index (χ0) is 15.5. The minimum absolute atomic E-state index is 0.153. The number of nitrogens with zero attached hydrogens (tertiary/aromatic N) is 3. The van der Waals surface area contributed by atoms with Gasteiger partial charge in [0.2, 0.25) is 0 Å². The second-order valence-corrected chi connectivity index (χ2v) is 9.80. The molecule has 3 nitrogen and oxygen atoms in total. The summed E-state index contributed by atoms with van der Waals surface area (Å²) in [5.74, 6) is 0.859. The third-order valence-electron chi connectivity index (χ3n) is 4.79. The summed E-state index contributed by atoms with van der Waals surface area (Å²) in [6.45, 7) is 7.00. The Hall–Kier alpha value is -0.250. The van der Waals surface area contributed by atoms with Crippen LogP contribution in [0.1, 0.15) is 46.5 Å². The van der Waals surface area contributed by atoms with Crippen LogP contribution in [0.4, 0.5) is 0 Å². The van der Waals surface area contributed by atoms with Gasteiger partial charge < -0.3 is 0 Å². The Kier molecular flexibility index (Phi) is 5.98. The zero-order valence-electron chi connectivity index (χ0n) is 13.1. The lowest BCUT2D eigenvalue weighted by Crippen LogP contribution is -2.34. The minimum atomic E-state index is 0.153. The predicted octanol–water partition coefficient (Wildman–Crippen LogP) is 5.10. The zero-order valence-corrected chi connectivity index (χ0v) is 15.6. The number of aromatic nitrogens is 2. The number of hydrogen-bond donors (Lipinski definition) is 0. The van der Waals surface area contributed by atoms with E-state index in [1.807, 2.05) is 6.26 Å². The van der Waals surface area contributed by atoms with Gasteiger partial charge in [-0.3, -0.25) is 0 Å². The van der Waals surface area contributed by atoms with E-state index < -0.39 is 0 Å². The minimum Gasteiger partial charge on any atom is -0.198 e. The molecule has 0 aliphatic heterocycles. The normalized spacial score (nSPS) is 26.5. The first-order chi connectivity index (χ1) is 10.00. The van der Waals surface area contributed by atoms with Crippen LogP contribution in [0.5, 0.6) is 0 Å². The first-order valence-electron chi connectivity index (χ1n) is 7.44. The van der Waals surface area contributed by atoms with Crippen LogP contribution in [0, 0.1) is 28.6 Å². The van der Waals surface area contributed by atoms with Crippen LogP contribution in [0.2, 0.25) is 0 Å². The van der Waals surface area contributed by atoms with Crippen molar-refractivity contribution in [2.75, 3.05) is 6.26 Å². The second kappa shape index (κ2) is 7.34.